The number of methoxy groups -OCH3 is 1. The number of ether oxygens (including phenoxy) is 2. The summed E-state index contributed by atoms with van der Waals surface area (Å²) in [5.41, 5.74) is 5.84. The lowest BCUT2D eigenvalue weighted by Gasteiger charge is -2.10. The van der Waals surface area contributed by atoms with E-state index in [4.69, 9.17) is 15.2 Å². The van der Waals surface area contributed by atoms with Crippen LogP contribution < -0.4 is 20.5 Å². The van der Waals surface area contributed by atoms with Gasteiger partial charge in [-0.05, 0) is 30.2 Å². The number of nitrogens with one attached hydrogen (secondary N) is 1. The van der Waals surface area contributed by atoms with E-state index in [1.165, 1.54) is 26.0 Å². The number of rotatable bonds is 11. The van der Waals surface area contributed by atoms with Crippen molar-refractivity contribution in [2.75, 3.05) is 20.3 Å². The van der Waals surface area contributed by atoms with Crippen LogP contribution in [0.2, 0.25) is 0 Å². The Morgan fingerprint density at radius 1 is 1.21 bits per heavy atom. The first-order valence-electron chi connectivity index (χ1n) is 8.12. The largest absolute Gasteiger partial charge is 0.493 e. The smallest absolute Gasteiger partial charge is 0.255 e. The van der Waals surface area contributed by atoms with Crippen LogP contribution >= 0.6 is 0 Å². The summed E-state index contributed by atoms with van der Waals surface area (Å²) in [5, 5.41) is 2.85. The third-order valence-electron chi connectivity index (χ3n) is 3.31. The third-order valence-corrected chi connectivity index (χ3v) is 3.31. The van der Waals surface area contributed by atoms with Gasteiger partial charge in [0.05, 0.1) is 7.11 Å². The fraction of sp³-hybridized carbons (Fsp3) is 0.444. The first kappa shape index (κ1) is 19.5. The molecule has 0 heterocycles. The van der Waals surface area contributed by atoms with Crippen molar-refractivity contribution in [2.45, 2.75) is 32.6 Å². The van der Waals surface area contributed by atoms with Gasteiger partial charge in [-0.1, -0.05) is 32.3 Å². The van der Waals surface area contributed by atoms with E-state index in [9.17, 15) is 9.59 Å². The highest BCUT2D eigenvalue weighted by Gasteiger charge is 2.06. The van der Waals surface area contributed by atoms with Crippen LogP contribution in [0.4, 0.5) is 0 Å². The summed E-state index contributed by atoms with van der Waals surface area (Å²) in [4.78, 5) is 22.5. The summed E-state index contributed by atoms with van der Waals surface area (Å²) in [7, 11) is 1.50. The Kier molecular flexibility index (Phi) is 9.04. The molecule has 1 aromatic rings. The van der Waals surface area contributed by atoms with Gasteiger partial charge in [-0.15, -0.1) is 0 Å². The number of hydrogen-bond donors (Lipinski definition) is 2. The highest BCUT2D eigenvalue weighted by molar-refractivity contribution is 5.91. The minimum atomic E-state index is -0.559. The summed E-state index contributed by atoms with van der Waals surface area (Å²) < 4.78 is 10.5. The van der Waals surface area contributed by atoms with Gasteiger partial charge in [0.2, 0.25) is 5.91 Å². The van der Waals surface area contributed by atoms with Gasteiger partial charge in [-0.3, -0.25) is 9.59 Å². The van der Waals surface area contributed by atoms with Crippen LogP contribution in [0.15, 0.2) is 24.3 Å². The second kappa shape index (κ2) is 11.1. The molecule has 0 saturated carbocycles. The second-order valence-corrected chi connectivity index (χ2v) is 5.35. The molecule has 3 N–H and O–H groups in total. The Hall–Kier alpha value is -2.50. The molecule has 0 aliphatic heterocycles. The highest BCUT2D eigenvalue weighted by Crippen LogP contribution is 2.28. The Morgan fingerprint density at radius 2 is 2.00 bits per heavy atom. The quantitative estimate of drug-likeness (QED) is 0.480. The molecule has 0 unspecified atom stereocenters. The minimum Gasteiger partial charge on any atom is -0.493 e. The molecule has 24 heavy (non-hydrogen) atoms. The summed E-state index contributed by atoms with van der Waals surface area (Å²) in [6.07, 6.45) is 7.67. The molecule has 0 spiro atoms. The van der Waals surface area contributed by atoms with Crippen LogP contribution in [0.3, 0.4) is 0 Å². The predicted molar refractivity (Wildman–Crippen MR) is 93.9 cm³/mol. The Balaban J connectivity index is 2.54. The molecule has 0 radical (unpaired) electrons. The van der Waals surface area contributed by atoms with Gasteiger partial charge in [0.25, 0.3) is 5.91 Å². The maximum absolute atomic E-state index is 11.7. The Labute approximate surface area is 143 Å². The highest BCUT2D eigenvalue weighted by atomic mass is 16.5. The third kappa shape index (κ3) is 7.67. The molecule has 132 valence electrons. The van der Waals surface area contributed by atoms with Gasteiger partial charge in [-0.25, -0.2) is 0 Å². The lowest BCUT2D eigenvalue weighted by atomic mass is 10.2. The van der Waals surface area contributed by atoms with E-state index in [2.05, 4.69) is 12.2 Å². The van der Waals surface area contributed by atoms with Gasteiger partial charge in [0, 0.05) is 12.6 Å². The number of unbranched alkanes of at least 4 members (excludes halogenated alkanes) is 3. The number of hydrogen-bond acceptors (Lipinski definition) is 4. The SMILES string of the molecule is CCCCCCNC(=O)/C=C/c1ccc(OCC(N)=O)c(OC)c1. The van der Waals surface area contributed by atoms with E-state index < -0.39 is 5.91 Å². The van der Waals surface area contributed by atoms with E-state index in [1.807, 2.05) is 0 Å². The number of carbonyl (C=O) groups excluding carboxylic acids is 2. The van der Waals surface area contributed by atoms with E-state index in [0.717, 1.165) is 18.4 Å². The average molecular weight is 334 g/mol. The molecular weight excluding hydrogens is 308 g/mol. The minimum absolute atomic E-state index is 0.125. The molecule has 6 nitrogen and oxygen atoms in total. The van der Waals surface area contributed by atoms with E-state index in [0.29, 0.717) is 18.0 Å². The van der Waals surface area contributed by atoms with Crippen LogP contribution in [-0.2, 0) is 9.59 Å². The van der Waals surface area contributed by atoms with Gasteiger partial charge >= 0.3 is 0 Å². The molecule has 0 aliphatic rings. The number of amides is 2. The van der Waals surface area contributed by atoms with Crippen molar-refractivity contribution in [1.29, 1.82) is 0 Å². The van der Waals surface area contributed by atoms with Gasteiger partial charge in [-0.2, -0.15) is 0 Å². The zero-order valence-corrected chi connectivity index (χ0v) is 14.3. The van der Waals surface area contributed by atoms with Crippen LogP contribution in [0.1, 0.15) is 38.2 Å². The summed E-state index contributed by atoms with van der Waals surface area (Å²) >= 11 is 0. The van der Waals surface area contributed by atoms with Crippen molar-refractivity contribution in [3.63, 3.8) is 0 Å². The Morgan fingerprint density at radius 3 is 2.67 bits per heavy atom. The van der Waals surface area contributed by atoms with Gasteiger partial charge in [0.15, 0.2) is 18.1 Å². The first-order chi connectivity index (χ1) is 11.6. The topological polar surface area (TPSA) is 90.6 Å². The van der Waals surface area contributed by atoms with Crippen molar-refractivity contribution in [3.05, 3.63) is 29.8 Å². The second-order valence-electron chi connectivity index (χ2n) is 5.35. The van der Waals surface area contributed by atoms with Crippen LogP contribution in [0, 0.1) is 0 Å². The van der Waals surface area contributed by atoms with Gasteiger partial charge < -0.3 is 20.5 Å². The first-order valence-corrected chi connectivity index (χ1v) is 8.12. The molecule has 0 fully saturated rings. The zero-order chi connectivity index (χ0) is 17.8. The predicted octanol–water partition coefficient (Wildman–Crippen LogP) is 2.27. The molecular formula is C18H26N2O4. The van der Waals surface area contributed by atoms with Crippen molar-refractivity contribution < 1.29 is 19.1 Å². The van der Waals surface area contributed by atoms with Crippen LogP contribution in [0.5, 0.6) is 11.5 Å². The summed E-state index contributed by atoms with van der Waals surface area (Å²) in [6, 6.07) is 5.16. The lowest BCUT2D eigenvalue weighted by Crippen LogP contribution is -2.21. The van der Waals surface area contributed by atoms with Crippen molar-refractivity contribution >= 4 is 17.9 Å². The van der Waals surface area contributed by atoms with E-state index in [-0.39, 0.29) is 12.5 Å². The number of nitrogens with two attached hydrogens (primary N) is 1. The summed E-state index contributed by atoms with van der Waals surface area (Å²) in [5.74, 6) is 0.211. The van der Waals surface area contributed by atoms with Crippen molar-refractivity contribution in [2.24, 2.45) is 5.73 Å². The van der Waals surface area contributed by atoms with Crippen molar-refractivity contribution in [3.8, 4) is 11.5 Å². The maximum atomic E-state index is 11.7. The number of carbonyl (C=O) groups is 2. The lowest BCUT2D eigenvalue weighted by molar-refractivity contribution is -0.120. The van der Waals surface area contributed by atoms with Crippen molar-refractivity contribution in [1.82, 2.24) is 5.32 Å². The molecule has 0 bridgehead atoms. The number of primary amides is 1. The standard InChI is InChI=1S/C18H26N2O4/c1-3-4-5-6-11-20-18(22)10-8-14-7-9-15(16(12-14)23-2)24-13-17(19)21/h7-10,12H,3-6,11,13H2,1-2H3,(H2,19,21)(H,20,22)/b10-8+. The number of benzene rings is 1. The molecule has 0 aromatic heterocycles. The monoisotopic (exact) mass is 334 g/mol. The zero-order valence-electron chi connectivity index (χ0n) is 14.3. The molecule has 1 aromatic carbocycles. The molecule has 0 saturated heterocycles. The van der Waals surface area contributed by atoms with E-state index in [1.54, 1.807) is 24.3 Å². The molecule has 1 rings (SSSR count). The molecule has 0 aliphatic carbocycles. The maximum Gasteiger partial charge on any atom is 0.255 e. The molecule has 6 heteroatoms. The molecule has 2 amide bonds. The fourth-order valence-electron chi connectivity index (χ4n) is 2.05. The Bertz CT molecular complexity index is 570. The van der Waals surface area contributed by atoms with Crippen LogP contribution in [0.25, 0.3) is 6.08 Å². The molecule has 0 atom stereocenters. The summed E-state index contributed by atoms with van der Waals surface area (Å²) in [6.45, 7) is 2.62. The van der Waals surface area contributed by atoms with Gasteiger partial charge in [0.1, 0.15) is 0 Å². The van der Waals surface area contributed by atoms with Crippen LogP contribution in [-0.4, -0.2) is 32.1 Å². The average Bonchev–Trinajstić information content (AvgIpc) is 2.58. The fourth-order valence-corrected chi connectivity index (χ4v) is 2.05. The normalized spacial score (nSPS) is 10.6. The van der Waals surface area contributed by atoms with E-state index >= 15 is 0 Å².